The molecule has 0 aliphatic rings. The predicted molar refractivity (Wildman–Crippen MR) is 66.0 cm³/mol. The largest absolute Gasteiger partial charge is 0.323 e. The van der Waals surface area contributed by atoms with E-state index in [0.717, 1.165) is 5.56 Å². The van der Waals surface area contributed by atoms with Gasteiger partial charge in [0, 0.05) is 5.69 Å². The number of H-pyrrole nitrogens is 2. The van der Waals surface area contributed by atoms with E-state index in [4.69, 9.17) is 0 Å². The minimum absolute atomic E-state index is 0.218. The minimum atomic E-state index is -0.362. The molecule has 0 fully saturated rings. The maximum Gasteiger partial charge on any atom is 0.323 e. The number of allylic oxidation sites excluding steroid dienone is 1. The molecule has 0 unspecified atom stereocenters. The van der Waals surface area contributed by atoms with Crippen molar-refractivity contribution in [3.63, 3.8) is 0 Å². The van der Waals surface area contributed by atoms with E-state index >= 15 is 0 Å². The van der Waals surface area contributed by atoms with Gasteiger partial charge in [-0.3, -0.25) is 4.79 Å². The first-order valence-electron chi connectivity index (χ1n) is 5.23. The Hall–Kier alpha value is -2.36. The molecule has 0 atom stereocenters. The number of ketones is 1. The van der Waals surface area contributed by atoms with Crippen LogP contribution >= 0.6 is 0 Å². The molecule has 0 saturated carbocycles. The molecule has 0 amide bonds. The van der Waals surface area contributed by atoms with Crippen molar-refractivity contribution < 1.29 is 4.79 Å². The fourth-order valence-corrected chi connectivity index (χ4v) is 1.54. The molecule has 1 heterocycles. The quantitative estimate of drug-likeness (QED) is 0.622. The summed E-state index contributed by atoms with van der Waals surface area (Å²) in [5.74, 6) is -0.218. The van der Waals surface area contributed by atoms with Gasteiger partial charge in [-0.1, -0.05) is 36.4 Å². The Morgan fingerprint density at radius 3 is 2.47 bits per heavy atom. The predicted octanol–water partition coefficient (Wildman–Crippen LogP) is 1.91. The zero-order valence-electron chi connectivity index (χ0n) is 9.36. The first kappa shape index (κ1) is 11.1. The maximum absolute atomic E-state index is 11.8. The molecule has 17 heavy (non-hydrogen) atoms. The number of hydrogen-bond donors (Lipinski definition) is 2. The Bertz CT molecular complexity index is 606. The molecule has 86 valence electrons. The average Bonchev–Trinajstić information content (AvgIpc) is 2.67. The van der Waals surface area contributed by atoms with Gasteiger partial charge in [-0.15, -0.1) is 0 Å². The molecular weight excluding hydrogens is 216 g/mol. The topological polar surface area (TPSA) is 65.7 Å². The molecule has 2 N–H and O–H groups in total. The second kappa shape index (κ2) is 4.65. The highest BCUT2D eigenvalue weighted by Gasteiger charge is 2.08. The number of aryl methyl sites for hydroxylation is 1. The molecule has 2 aromatic rings. The molecule has 1 aromatic heterocycles. The van der Waals surface area contributed by atoms with Crippen LogP contribution in [0.2, 0.25) is 0 Å². The number of aromatic nitrogens is 2. The second-order valence-electron chi connectivity index (χ2n) is 3.69. The van der Waals surface area contributed by atoms with Crippen molar-refractivity contribution >= 4 is 11.9 Å². The number of hydrogen-bond acceptors (Lipinski definition) is 2. The van der Waals surface area contributed by atoms with E-state index < -0.39 is 0 Å². The van der Waals surface area contributed by atoms with Crippen molar-refractivity contribution in [3.8, 4) is 0 Å². The van der Waals surface area contributed by atoms with Crippen LogP contribution in [0, 0.1) is 6.92 Å². The third-order valence-electron chi connectivity index (χ3n) is 2.39. The van der Waals surface area contributed by atoms with E-state index in [2.05, 4.69) is 9.97 Å². The lowest BCUT2D eigenvalue weighted by Gasteiger charge is -1.93. The van der Waals surface area contributed by atoms with Crippen molar-refractivity contribution in [1.82, 2.24) is 9.97 Å². The van der Waals surface area contributed by atoms with Gasteiger partial charge in [0.05, 0.1) is 0 Å². The number of benzene rings is 1. The minimum Gasteiger partial charge on any atom is -0.310 e. The molecule has 0 radical (unpaired) electrons. The molecule has 0 bridgehead atoms. The summed E-state index contributed by atoms with van der Waals surface area (Å²) < 4.78 is 0. The molecular formula is C13H12N2O2. The van der Waals surface area contributed by atoms with Crippen molar-refractivity contribution in [1.29, 1.82) is 0 Å². The van der Waals surface area contributed by atoms with Crippen LogP contribution in [0.1, 0.15) is 21.7 Å². The Morgan fingerprint density at radius 1 is 1.18 bits per heavy atom. The summed E-state index contributed by atoms with van der Waals surface area (Å²) in [6.45, 7) is 1.68. The first-order chi connectivity index (χ1) is 8.16. The Balaban J connectivity index is 2.20. The third-order valence-corrected chi connectivity index (χ3v) is 2.39. The Labute approximate surface area is 98.0 Å². The highest BCUT2D eigenvalue weighted by Crippen LogP contribution is 2.04. The highest BCUT2D eigenvalue weighted by atomic mass is 16.1. The molecule has 4 heteroatoms. The first-order valence-corrected chi connectivity index (χ1v) is 5.23. The lowest BCUT2D eigenvalue weighted by Crippen LogP contribution is -2.03. The smallest absolute Gasteiger partial charge is 0.310 e. The Morgan fingerprint density at radius 2 is 1.88 bits per heavy atom. The summed E-state index contributed by atoms with van der Waals surface area (Å²) in [5.41, 5.74) is 1.44. The van der Waals surface area contributed by atoms with Crippen molar-refractivity contribution in [2.24, 2.45) is 0 Å². The highest BCUT2D eigenvalue weighted by molar-refractivity contribution is 6.06. The van der Waals surface area contributed by atoms with E-state index in [0.29, 0.717) is 11.4 Å². The van der Waals surface area contributed by atoms with E-state index in [1.807, 2.05) is 30.3 Å². The van der Waals surface area contributed by atoms with Gasteiger partial charge in [-0.25, -0.2) is 4.79 Å². The second-order valence-corrected chi connectivity index (χ2v) is 3.69. The molecule has 0 saturated heterocycles. The van der Waals surface area contributed by atoms with E-state index in [1.165, 1.54) is 6.08 Å². The van der Waals surface area contributed by atoms with Crippen molar-refractivity contribution in [3.05, 3.63) is 63.8 Å². The van der Waals surface area contributed by atoms with Gasteiger partial charge in [0.25, 0.3) is 0 Å². The van der Waals surface area contributed by atoms with Crippen LogP contribution in [0.4, 0.5) is 0 Å². The zero-order valence-corrected chi connectivity index (χ0v) is 9.36. The summed E-state index contributed by atoms with van der Waals surface area (Å²) in [5, 5.41) is 0. The van der Waals surface area contributed by atoms with Crippen molar-refractivity contribution in [2.75, 3.05) is 0 Å². The number of aromatic amines is 2. The van der Waals surface area contributed by atoms with Crippen LogP contribution in [0.15, 0.2) is 41.2 Å². The van der Waals surface area contributed by atoms with Gasteiger partial charge in [0.15, 0.2) is 0 Å². The van der Waals surface area contributed by atoms with Crippen LogP contribution in [0.25, 0.3) is 6.08 Å². The fraction of sp³-hybridized carbons (Fsp3) is 0.0769. The number of nitrogens with one attached hydrogen (secondary N) is 2. The van der Waals surface area contributed by atoms with E-state index in [-0.39, 0.29) is 11.5 Å². The summed E-state index contributed by atoms with van der Waals surface area (Å²) in [6, 6.07) is 9.50. The average molecular weight is 228 g/mol. The molecule has 2 rings (SSSR count). The van der Waals surface area contributed by atoms with Crippen molar-refractivity contribution in [2.45, 2.75) is 6.92 Å². The Kier molecular flexibility index (Phi) is 3.05. The van der Waals surface area contributed by atoms with Gasteiger partial charge < -0.3 is 9.97 Å². The number of rotatable bonds is 3. The van der Waals surface area contributed by atoms with Gasteiger partial charge >= 0.3 is 5.69 Å². The molecule has 0 aliphatic carbocycles. The van der Waals surface area contributed by atoms with Gasteiger partial charge in [0.1, 0.15) is 5.69 Å². The lowest BCUT2D eigenvalue weighted by molar-refractivity contribution is 0.104. The monoisotopic (exact) mass is 228 g/mol. The summed E-state index contributed by atoms with van der Waals surface area (Å²) >= 11 is 0. The number of carbonyl (C=O) groups excluding carboxylic acids is 1. The van der Waals surface area contributed by atoms with E-state index in [1.54, 1.807) is 13.0 Å². The maximum atomic E-state index is 11.8. The van der Waals surface area contributed by atoms with Crippen LogP contribution in [0.3, 0.4) is 0 Å². The van der Waals surface area contributed by atoms with Crippen LogP contribution in [-0.4, -0.2) is 15.8 Å². The summed E-state index contributed by atoms with van der Waals surface area (Å²) in [4.78, 5) is 27.8. The van der Waals surface area contributed by atoms with Gasteiger partial charge in [-0.05, 0) is 18.6 Å². The van der Waals surface area contributed by atoms with E-state index in [9.17, 15) is 9.59 Å². The zero-order chi connectivity index (χ0) is 12.3. The molecule has 1 aromatic carbocycles. The summed E-state index contributed by atoms with van der Waals surface area (Å²) in [6.07, 6.45) is 3.16. The fourth-order valence-electron chi connectivity index (χ4n) is 1.54. The molecule has 4 nitrogen and oxygen atoms in total. The van der Waals surface area contributed by atoms with Gasteiger partial charge in [-0.2, -0.15) is 0 Å². The standard InChI is InChI=1S/C13H12N2O2/c1-9-12(15-13(17)14-9)11(16)8-7-10-5-3-2-4-6-10/h2-8H,1H3,(H2,14,15,17). The molecule has 0 aliphatic heterocycles. The normalized spacial score (nSPS) is 10.9. The number of carbonyl (C=O) groups is 1. The third kappa shape index (κ3) is 2.60. The van der Waals surface area contributed by atoms with Crippen LogP contribution in [0.5, 0.6) is 0 Å². The molecule has 0 spiro atoms. The SMILES string of the molecule is Cc1[nH]c(=O)[nH]c1C(=O)C=Cc1ccccc1. The summed E-state index contributed by atoms with van der Waals surface area (Å²) in [7, 11) is 0. The number of imidazole rings is 1. The van der Waals surface area contributed by atoms with Crippen LogP contribution in [-0.2, 0) is 0 Å². The van der Waals surface area contributed by atoms with Gasteiger partial charge in [0.2, 0.25) is 5.78 Å². The lowest BCUT2D eigenvalue weighted by atomic mass is 10.1. The van der Waals surface area contributed by atoms with Crippen LogP contribution < -0.4 is 5.69 Å².